The van der Waals surface area contributed by atoms with Crippen molar-refractivity contribution in [2.45, 2.75) is 51.6 Å². The van der Waals surface area contributed by atoms with Crippen LogP contribution in [0.2, 0.25) is 0 Å². The summed E-state index contributed by atoms with van der Waals surface area (Å²) in [7, 11) is 0. The number of rotatable bonds is 13. The molecule has 8 heteroatoms. The van der Waals surface area contributed by atoms with Crippen molar-refractivity contribution in [1.29, 1.82) is 0 Å². The molecule has 1 heterocycles. The molecule has 4 aromatic carbocycles. The predicted molar refractivity (Wildman–Crippen MR) is 184 cm³/mol. The Morgan fingerprint density at radius 1 is 0.851 bits per heavy atom. The zero-order valence-electron chi connectivity index (χ0n) is 26.8. The molecule has 6 rings (SSSR count). The third kappa shape index (κ3) is 7.65. The third-order valence-corrected chi connectivity index (χ3v) is 9.07. The van der Waals surface area contributed by atoms with Crippen LogP contribution < -0.4 is 25.6 Å². The maximum Gasteiger partial charge on any atom is 0.251 e. The lowest BCUT2D eigenvalue weighted by Crippen LogP contribution is -2.54. The van der Waals surface area contributed by atoms with E-state index in [1.165, 1.54) is 0 Å². The number of hydrogen-bond acceptors (Lipinski definition) is 5. The minimum Gasteiger partial charge on any atom is -0.457 e. The van der Waals surface area contributed by atoms with E-state index in [2.05, 4.69) is 10.2 Å². The zero-order chi connectivity index (χ0) is 32.8. The lowest BCUT2D eigenvalue weighted by Gasteiger charge is -2.29. The normalized spacial score (nSPS) is 17.3. The maximum atomic E-state index is 14.6. The molecule has 8 nitrogen and oxygen atoms in total. The molecule has 3 amide bonds. The first kappa shape index (κ1) is 31.9. The molecule has 3 N–H and O–H groups in total. The molecule has 0 aromatic heterocycles. The number of carbonyl (C=O) groups is 3. The molecule has 3 atom stereocenters. The molecule has 4 aromatic rings. The fourth-order valence-electron chi connectivity index (χ4n) is 6.52. The van der Waals surface area contributed by atoms with Crippen LogP contribution in [0.3, 0.4) is 0 Å². The molecule has 1 aliphatic carbocycles. The van der Waals surface area contributed by atoms with Gasteiger partial charge in [-0.15, -0.1) is 0 Å². The lowest BCUT2D eigenvalue weighted by atomic mass is 9.83. The van der Waals surface area contributed by atoms with Gasteiger partial charge in [-0.1, -0.05) is 86.8 Å². The average molecular weight is 631 g/mol. The minimum absolute atomic E-state index is 0.227. The van der Waals surface area contributed by atoms with Crippen molar-refractivity contribution in [3.8, 4) is 11.5 Å². The summed E-state index contributed by atoms with van der Waals surface area (Å²) in [5.41, 5.74) is 9.23. The van der Waals surface area contributed by atoms with E-state index in [1.54, 1.807) is 4.90 Å². The molecule has 0 spiro atoms. The van der Waals surface area contributed by atoms with E-state index >= 15 is 0 Å². The van der Waals surface area contributed by atoms with Crippen LogP contribution in [0, 0.1) is 17.8 Å². The van der Waals surface area contributed by atoms with Crippen LogP contribution >= 0.6 is 0 Å². The lowest BCUT2D eigenvalue weighted by molar-refractivity contribution is -0.135. The Hall–Kier alpha value is -5.11. The molecule has 1 aliphatic heterocycles. The fourth-order valence-corrected chi connectivity index (χ4v) is 6.52. The number of primary amides is 1. The zero-order valence-corrected chi connectivity index (χ0v) is 26.8. The molecule has 1 saturated carbocycles. The van der Waals surface area contributed by atoms with Gasteiger partial charge in [-0.2, -0.15) is 0 Å². The second-order valence-electron chi connectivity index (χ2n) is 12.6. The number of carbonyl (C=O) groups excluding carboxylic acids is 3. The van der Waals surface area contributed by atoms with Crippen LogP contribution in [-0.4, -0.2) is 30.3 Å². The molecular weight excluding hydrogens is 588 g/mol. The van der Waals surface area contributed by atoms with E-state index in [-0.39, 0.29) is 24.9 Å². The van der Waals surface area contributed by atoms with Crippen molar-refractivity contribution in [2.75, 3.05) is 16.3 Å². The quantitative estimate of drug-likeness (QED) is 0.166. The Morgan fingerprint density at radius 2 is 1.51 bits per heavy atom. The predicted octanol–water partition coefficient (Wildman–Crippen LogP) is 6.97. The molecule has 0 saturated heterocycles. The molecule has 2 aliphatic rings. The molecular formula is C39H42N4O4. The van der Waals surface area contributed by atoms with Gasteiger partial charge in [0.25, 0.3) is 5.91 Å². The second kappa shape index (κ2) is 14.5. The largest absolute Gasteiger partial charge is 0.457 e. The van der Waals surface area contributed by atoms with E-state index in [0.717, 1.165) is 47.6 Å². The van der Waals surface area contributed by atoms with E-state index in [1.807, 2.05) is 116 Å². The first-order valence-corrected chi connectivity index (χ1v) is 16.6. The average Bonchev–Trinajstić information content (AvgIpc) is 3.93. The van der Waals surface area contributed by atoms with Crippen molar-refractivity contribution < 1.29 is 19.1 Å². The number of fused-ring (bicyclic) bond motifs is 1. The van der Waals surface area contributed by atoms with Crippen LogP contribution in [0.1, 0.15) is 44.6 Å². The van der Waals surface area contributed by atoms with Crippen LogP contribution in [0.5, 0.6) is 11.5 Å². The first-order valence-electron chi connectivity index (χ1n) is 16.6. The monoisotopic (exact) mass is 630 g/mol. The highest BCUT2D eigenvalue weighted by atomic mass is 16.5. The molecule has 0 radical (unpaired) electrons. The molecule has 1 fully saturated rings. The first-order chi connectivity index (χ1) is 22.9. The van der Waals surface area contributed by atoms with Gasteiger partial charge in [0.05, 0.1) is 24.5 Å². The van der Waals surface area contributed by atoms with Crippen molar-refractivity contribution in [3.05, 3.63) is 115 Å². The molecule has 0 bridgehead atoms. The summed E-state index contributed by atoms with van der Waals surface area (Å²) < 4.78 is 6.10. The highest BCUT2D eigenvalue weighted by molar-refractivity contribution is 6.04. The van der Waals surface area contributed by atoms with Gasteiger partial charge in [0.2, 0.25) is 11.8 Å². The number of anilines is 3. The van der Waals surface area contributed by atoms with Gasteiger partial charge in [-0.25, -0.2) is 0 Å². The Labute approximate surface area is 276 Å². The number of nitrogens with two attached hydrogens (primary N) is 1. The van der Waals surface area contributed by atoms with Crippen LogP contribution in [0.4, 0.5) is 17.1 Å². The van der Waals surface area contributed by atoms with Gasteiger partial charge >= 0.3 is 0 Å². The number of para-hydroxylation sites is 4. The van der Waals surface area contributed by atoms with Crippen LogP contribution in [0.15, 0.2) is 109 Å². The fraction of sp³-hybridized carbons (Fsp3) is 0.308. The van der Waals surface area contributed by atoms with Gasteiger partial charge < -0.3 is 25.6 Å². The Bertz CT molecular complexity index is 1690. The molecule has 1 unspecified atom stereocenters. The molecule has 242 valence electrons. The highest BCUT2D eigenvalue weighted by Gasteiger charge is 2.40. The topological polar surface area (TPSA) is 105 Å². The standard InChI is InChI=1S/C39H42N4O4/c1-2-12-32(37(40)44)33(24-27-21-22-27)38(45)41-34-26-42(29-14-5-3-6-15-29)35-19-9-10-20-36(35)43(39(34)46)25-28-13-11-18-31(23-28)47-30-16-7-4-8-17-30/h3-11,13-20,23,27,32-34H,2,12,21-22,24-26H2,1H3,(H2,40,44)(H,41,45)/t32-,33+,34?/m0/s1. The number of ether oxygens (including phenoxy) is 1. The smallest absolute Gasteiger partial charge is 0.251 e. The van der Waals surface area contributed by atoms with Gasteiger partial charge in [0.15, 0.2) is 0 Å². The summed E-state index contributed by atoms with van der Waals surface area (Å²) in [4.78, 5) is 45.2. The van der Waals surface area contributed by atoms with E-state index in [0.29, 0.717) is 24.5 Å². The SMILES string of the molecule is CCC[C@H](C(N)=O)[C@@H](CC1CC1)C(=O)NC1CN(c2ccccc2)c2ccccc2N(Cc2cccc(Oc3ccccc3)c2)C1=O. The summed E-state index contributed by atoms with van der Waals surface area (Å²) in [6, 6.07) is 34.1. The van der Waals surface area contributed by atoms with Gasteiger partial charge in [-0.05, 0) is 72.9 Å². The van der Waals surface area contributed by atoms with Gasteiger partial charge in [0, 0.05) is 17.5 Å². The summed E-state index contributed by atoms with van der Waals surface area (Å²) in [5.74, 6) is -0.342. The number of benzene rings is 4. The summed E-state index contributed by atoms with van der Waals surface area (Å²) >= 11 is 0. The number of hydrogen-bond donors (Lipinski definition) is 2. The van der Waals surface area contributed by atoms with Crippen molar-refractivity contribution in [2.24, 2.45) is 23.5 Å². The van der Waals surface area contributed by atoms with Crippen LogP contribution in [0.25, 0.3) is 0 Å². The van der Waals surface area contributed by atoms with E-state index in [9.17, 15) is 14.4 Å². The highest BCUT2D eigenvalue weighted by Crippen LogP contribution is 2.40. The third-order valence-electron chi connectivity index (χ3n) is 9.07. The second-order valence-corrected chi connectivity index (χ2v) is 12.6. The Kier molecular flexibility index (Phi) is 9.86. The Balaban J connectivity index is 1.35. The minimum atomic E-state index is -0.879. The van der Waals surface area contributed by atoms with Gasteiger partial charge in [0.1, 0.15) is 17.5 Å². The summed E-state index contributed by atoms with van der Waals surface area (Å²) in [5, 5.41) is 3.13. The number of amides is 3. The van der Waals surface area contributed by atoms with Crippen LogP contribution in [-0.2, 0) is 20.9 Å². The number of nitrogens with one attached hydrogen (secondary N) is 1. The van der Waals surface area contributed by atoms with Gasteiger partial charge in [-0.3, -0.25) is 14.4 Å². The Morgan fingerprint density at radius 3 is 2.19 bits per heavy atom. The summed E-state index contributed by atoms with van der Waals surface area (Å²) in [6.07, 6.45) is 3.96. The van der Waals surface area contributed by atoms with E-state index in [4.69, 9.17) is 10.5 Å². The number of nitrogens with zero attached hydrogens (tertiary/aromatic N) is 2. The summed E-state index contributed by atoms with van der Waals surface area (Å²) in [6.45, 7) is 2.48. The van der Waals surface area contributed by atoms with Crippen molar-refractivity contribution >= 4 is 34.8 Å². The van der Waals surface area contributed by atoms with Crippen molar-refractivity contribution in [1.82, 2.24) is 5.32 Å². The maximum absolute atomic E-state index is 14.6. The van der Waals surface area contributed by atoms with Crippen molar-refractivity contribution in [3.63, 3.8) is 0 Å². The van der Waals surface area contributed by atoms with E-state index < -0.39 is 23.8 Å². The molecule has 47 heavy (non-hydrogen) atoms.